The Morgan fingerprint density at radius 1 is 1.05 bits per heavy atom. The van der Waals surface area contributed by atoms with E-state index >= 15 is 0 Å². The highest BCUT2D eigenvalue weighted by molar-refractivity contribution is 9.15. The number of carbonyl (C=O) groups excluding carboxylic acids is 1. The number of hydrogen-bond donors (Lipinski definition) is 0. The summed E-state index contributed by atoms with van der Waals surface area (Å²) in [6, 6.07) is 12.4. The number of rotatable bonds is 4. The fourth-order valence-corrected chi connectivity index (χ4v) is 2.26. The van der Waals surface area contributed by atoms with E-state index in [9.17, 15) is 13.6 Å². The number of hydrogen-bond acceptors (Lipinski definition) is 1. The van der Waals surface area contributed by atoms with E-state index in [1.165, 1.54) is 6.08 Å². The molecule has 112 valence electrons. The van der Waals surface area contributed by atoms with Crippen molar-refractivity contribution in [3.63, 3.8) is 0 Å². The Morgan fingerprint density at radius 2 is 1.73 bits per heavy atom. The van der Waals surface area contributed by atoms with Crippen LogP contribution in [-0.2, 0) is 0 Å². The first kappa shape index (κ1) is 16.3. The van der Waals surface area contributed by atoms with Gasteiger partial charge in [-0.3, -0.25) is 4.79 Å². The maximum atomic E-state index is 13.5. The molecule has 0 fully saturated rings. The zero-order valence-electron chi connectivity index (χ0n) is 11.8. The molecule has 22 heavy (non-hydrogen) atoms. The van der Waals surface area contributed by atoms with Crippen LogP contribution in [0, 0.1) is 11.6 Å². The second kappa shape index (κ2) is 7.27. The fraction of sp³-hybridized carbons (Fsp3) is 0.0556. The van der Waals surface area contributed by atoms with Gasteiger partial charge in [0.25, 0.3) is 0 Å². The van der Waals surface area contributed by atoms with Crippen molar-refractivity contribution in [1.29, 1.82) is 0 Å². The van der Waals surface area contributed by atoms with E-state index in [1.807, 2.05) is 37.3 Å². The molecule has 0 heterocycles. The normalized spacial score (nSPS) is 12.4. The van der Waals surface area contributed by atoms with Gasteiger partial charge in [0.05, 0.1) is 5.56 Å². The van der Waals surface area contributed by atoms with Gasteiger partial charge in [-0.1, -0.05) is 36.4 Å². The Hall–Kier alpha value is -2.07. The molecule has 2 rings (SSSR count). The number of halogens is 3. The summed E-state index contributed by atoms with van der Waals surface area (Å²) < 4.78 is 27.5. The highest BCUT2D eigenvalue weighted by Gasteiger charge is 2.10. The Bertz CT molecular complexity index is 749. The summed E-state index contributed by atoms with van der Waals surface area (Å²) in [4.78, 5) is 11.9. The van der Waals surface area contributed by atoms with Crippen LogP contribution >= 0.6 is 15.9 Å². The lowest BCUT2D eigenvalue weighted by Crippen LogP contribution is -1.99. The van der Waals surface area contributed by atoms with Gasteiger partial charge in [-0.05, 0) is 58.3 Å². The van der Waals surface area contributed by atoms with E-state index in [0.717, 1.165) is 33.8 Å². The summed E-state index contributed by atoms with van der Waals surface area (Å²) in [6.07, 6.45) is 2.81. The first-order valence-electron chi connectivity index (χ1n) is 6.58. The van der Waals surface area contributed by atoms with E-state index in [-0.39, 0.29) is 5.56 Å². The number of ketones is 1. The Balaban J connectivity index is 2.24. The highest BCUT2D eigenvalue weighted by atomic mass is 79.9. The lowest BCUT2D eigenvalue weighted by atomic mass is 10.1. The maximum Gasteiger partial charge on any atom is 0.188 e. The van der Waals surface area contributed by atoms with Crippen molar-refractivity contribution in [2.45, 2.75) is 6.92 Å². The summed E-state index contributed by atoms with van der Waals surface area (Å²) in [7, 11) is 0. The van der Waals surface area contributed by atoms with Crippen LogP contribution in [0.2, 0.25) is 0 Å². The van der Waals surface area contributed by atoms with E-state index < -0.39 is 17.4 Å². The van der Waals surface area contributed by atoms with Crippen LogP contribution in [0.4, 0.5) is 8.78 Å². The summed E-state index contributed by atoms with van der Waals surface area (Å²) >= 11 is 3.47. The van der Waals surface area contributed by atoms with Crippen LogP contribution in [-0.4, -0.2) is 5.78 Å². The Kier molecular flexibility index (Phi) is 5.39. The molecule has 4 heteroatoms. The van der Waals surface area contributed by atoms with Crippen molar-refractivity contribution in [3.05, 3.63) is 89.0 Å². The van der Waals surface area contributed by atoms with Crippen LogP contribution in [0.5, 0.6) is 0 Å². The molecule has 2 aromatic rings. The van der Waals surface area contributed by atoms with E-state index in [1.54, 1.807) is 6.08 Å². The van der Waals surface area contributed by atoms with Crippen LogP contribution < -0.4 is 0 Å². The summed E-state index contributed by atoms with van der Waals surface area (Å²) in [5.41, 5.74) is 1.49. The van der Waals surface area contributed by atoms with Crippen molar-refractivity contribution in [2.75, 3.05) is 0 Å². The van der Waals surface area contributed by atoms with E-state index in [4.69, 9.17) is 0 Å². The SMILES string of the molecule is CC(/C=C/C(=O)c1cc(F)ccc1F)=C(\Br)c1ccccc1. The minimum absolute atomic E-state index is 0.278. The zero-order chi connectivity index (χ0) is 16.1. The summed E-state index contributed by atoms with van der Waals surface area (Å²) in [5.74, 6) is -1.96. The van der Waals surface area contributed by atoms with Gasteiger partial charge in [-0.2, -0.15) is 0 Å². The molecule has 0 saturated carbocycles. The van der Waals surface area contributed by atoms with Crippen LogP contribution in [0.25, 0.3) is 4.48 Å². The van der Waals surface area contributed by atoms with Gasteiger partial charge in [0.2, 0.25) is 0 Å². The number of carbonyl (C=O) groups is 1. The van der Waals surface area contributed by atoms with Gasteiger partial charge in [0.15, 0.2) is 5.78 Å². The average molecular weight is 363 g/mol. The lowest BCUT2D eigenvalue weighted by Gasteiger charge is -2.03. The maximum absolute atomic E-state index is 13.5. The molecule has 0 atom stereocenters. The molecule has 0 aliphatic heterocycles. The minimum Gasteiger partial charge on any atom is -0.289 e. The first-order valence-corrected chi connectivity index (χ1v) is 7.37. The van der Waals surface area contributed by atoms with Crippen LogP contribution in [0.1, 0.15) is 22.8 Å². The van der Waals surface area contributed by atoms with Crippen molar-refractivity contribution < 1.29 is 13.6 Å². The van der Waals surface area contributed by atoms with Gasteiger partial charge in [-0.15, -0.1) is 0 Å². The average Bonchev–Trinajstić information content (AvgIpc) is 2.54. The van der Waals surface area contributed by atoms with Gasteiger partial charge < -0.3 is 0 Å². The topological polar surface area (TPSA) is 17.1 Å². The summed E-state index contributed by atoms with van der Waals surface area (Å²) in [5, 5.41) is 0. The molecule has 0 radical (unpaired) electrons. The second-order valence-electron chi connectivity index (χ2n) is 4.68. The third kappa shape index (κ3) is 3.98. The summed E-state index contributed by atoms with van der Waals surface area (Å²) in [6.45, 7) is 1.82. The first-order chi connectivity index (χ1) is 10.5. The third-order valence-electron chi connectivity index (χ3n) is 3.05. The molecule has 0 N–H and O–H groups in total. The number of allylic oxidation sites excluding steroid dienone is 3. The third-order valence-corrected chi connectivity index (χ3v) is 4.14. The molecular weight excluding hydrogens is 350 g/mol. The van der Waals surface area contributed by atoms with Crippen LogP contribution in [0.3, 0.4) is 0 Å². The largest absolute Gasteiger partial charge is 0.289 e. The van der Waals surface area contributed by atoms with Crippen LogP contribution in [0.15, 0.2) is 66.3 Å². The molecule has 0 spiro atoms. The van der Waals surface area contributed by atoms with Crippen molar-refractivity contribution in [2.24, 2.45) is 0 Å². The molecule has 1 nitrogen and oxygen atoms in total. The predicted molar refractivity (Wildman–Crippen MR) is 87.8 cm³/mol. The van der Waals surface area contributed by atoms with E-state index in [0.29, 0.717) is 0 Å². The molecule has 0 aromatic heterocycles. The molecule has 2 aromatic carbocycles. The van der Waals surface area contributed by atoms with Gasteiger partial charge in [-0.25, -0.2) is 8.78 Å². The Morgan fingerprint density at radius 3 is 2.41 bits per heavy atom. The molecule has 0 saturated heterocycles. The van der Waals surface area contributed by atoms with Crippen molar-refractivity contribution in [1.82, 2.24) is 0 Å². The molecular formula is C18H13BrF2O. The minimum atomic E-state index is -0.736. The van der Waals surface area contributed by atoms with Crippen molar-refractivity contribution in [3.8, 4) is 0 Å². The van der Waals surface area contributed by atoms with Gasteiger partial charge >= 0.3 is 0 Å². The smallest absolute Gasteiger partial charge is 0.188 e. The van der Waals surface area contributed by atoms with Crippen molar-refractivity contribution >= 4 is 26.2 Å². The predicted octanol–water partition coefficient (Wildman–Crippen LogP) is 5.53. The molecule has 0 aliphatic carbocycles. The highest BCUT2D eigenvalue weighted by Crippen LogP contribution is 2.25. The number of benzene rings is 2. The van der Waals surface area contributed by atoms with E-state index in [2.05, 4.69) is 15.9 Å². The zero-order valence-corrected chi connectivity index (χ0v) is 13.4. The molecule has 0 bridgehead atoms. The standard InChI is InChI=1S/C18H13BrF2O/c1-12(18(19)13-5-3-2-4-6-13)7-10-17(22)15-11-14(20)8-9-16(15)21/h2-11H,1H3/b10-7+,18-12+. The fourth-order valence-electron chi connectivity index (χ4n) is 1.86. The molecule has 0 amide bonds. The molecule has 0 aliphatic rings. The van der Waals surface area contributed by atoms with Gasteiger partial charge in [0.1, 0.15) is 11.6 Å². The monoisotopic (exact) mass is 362 g/mol. The molecule has 0 unspecified atom stereocenters. The Labute approximate surface area is 136 Å². The van der Waals surface area contributed by atoms with Gasteiger partial charge in [0, 0.05) is 4.48 Å². The quantitative estimate of drug-likeness (QED) is 0.397. The lowest BCUT2D eigenvalue weighted by molar-refractivity contribution is 0.104. The second-order valence-corrected chi connectivity index (χ2v) is 5.48.